The number of nitrogens with two attached hydrogens (primary N) is 2. The van der Waals surface area contributed by atoms with E-state index < -0.39 is 11.9 Å². The predicted octanol–water partition coefficient (Wildman–Crippen LogP) is 1.40. The summed E-state index contributed by atoms with van der Waals surface area (Å²) in [5.41, 5.74) is 11.6. The maximum Gasteiger partial charge on any atom is 0.271 e. The van der Waals surface area contributed by atoms with Gasteiger partial charge in [-0.2, -0.15) is 0 Å². The number of nitrogens with one attached hydrogen (secondary N) is 2. The van der Waals surface area contributed by atoms with Crippen LogP contribution < -0.4 is 22.1 Å². The molecule has 24 heavy (non-hydrogen) atoms. The highest BCUT2D eigenvalue weighted by Gasteiger charge is 2.17. The highest BCUT2D eigenvalue weighted by atomic mass is 32.1. The molecule has 10 heteroatoms. The van der Waals surface area contributed by atoms with Crippen LogP contribution in [0.1, 0.15) is 28.7 Å². The zero-order valence-electron chi connectivity index (χ0n) is 12.8. The summed E-state index contributed by atoms with van der Waals surface area (Å²) in [5, 5.41) is 7.55. The van der Waals surface area contributed by atoms with E-state index in [0.29, 0.717) is 27.8 Å². The van der Waals surface area contributed by atoms with Crippen molar-refractivity contribution in [2.75, 3.05) is 16.4 Å². The van der Waals surface area contributed by atoms with Crippen molar-refractivity contribution in [2.24, 2.45) is 5.73 Å². The molecule has 0 radical (unpaired) electrons. The van der Waals surface area contributed by atoms with Gasteiger partial charge < -0.3 is 26.9 Å². The average Bonchev–Trinajstić information content (AvgIpc) is 2.98. The Morgan fingerprint density at radius 3 is 2.83 bits per heavy atom. The second-order valence-corrected chi connectivity index (χ2v) is 6.10. The Hall–Kier alpha value is -2.59. The summed E-state index contributed by atoms with van der Waals surface area (Å²) in [4.78, 5) is 31.7. The molecule has 0 fully saturated rings. The van der Waals surface area contributed by atoms with E-state index in [9.17, 15) is 9.59 Å². The van der Waals surface area contributed by atoms with E-state index in [1.54, 1.807) is 11.4 Å². The highest BCUT2D eigenvalue weighted by Crippen LogP contribution is 2.22. The molecule has 0 unspecified atom stereocenters. The van der Waals surface area contributed by atoms with E-state index in [2.05, 4.69) is 20.6 Å². The number of carbonyl (C=O) groups excluding carboxylic acids is 2. The molecule has 8 nitrogen and oxygen atoms in total. The average molecular weight is 364 g/mol. The molecule has 2 heterocycles. The second kappa shape index (κ2) is 7.79. The third-order valence-corrected chi connectivity index (χ3v) is 4.46. The van der Waals surface area contributed by atoms with Crippen molar-refractivity contribution < 1.29 is 9.59 Å². The first-order valence-corrected chi connectivity index (χ1v) is 8.28. The summed E-state index contributed by atoms with van der Waals surface area (Å²) in [6, 6.07) is 1.31. The number of rotatable bonds is 7. The minimum atomic E-state index is -0.749. The van der Waals surface area contributed by atoms with Crippen molar-refractivity contribution in [1.82, 2.24) is 9.97 Å². The Morgan fingerprint density at radius 1 is 1.54 bits per heavy atom. The largest absolute Gasteiger partial charge is 0.397 e. The van der Waals surface area contributed by atoms with E-state index in [1.165, 1.54) is 17.5 Å². The zero-order chi connectivity index (χ0) is 17.7. The van der Waals surface area contributed by atoms with Gasteiger partial charge in [0, 0.05) is 0 Å². The fourth-order valence-electron chi connectivity index (χ4n) is 1.82. The number of amides is 1. The van der Waals surface area contributed by atoms with Gasteiger partial charge in [-0.05, 0) is 17.9 Å². The van der Waals surface area contributed by atoms with Crippen molar-refractivity contribution >= 4 is 58.1 Å². The number of hydrogen-bond acceptors (Lipinski definition) is 8. The molecule has 0 bridgehead atoms. The smallest absolute Gasteiger partial charge is 0.271 e. The van der Waals surface area contributed by atoms with Gasteiger partial charge in [-0.3, -0.25) is 4.79 Å². The molecule has 0 aliphatic carbocycles. The van der Waals surface area contributed by atoms with Gasteiger partial charge in [-0.15, -0.1) is 11.3 Å². The second-order valence-electron chi connectivity index (χ2n) is 4.77. The lowest BCUT2D eigenvalue weighted by Crippen LogP contribution is -2.24. The summed E-state index contributed by atoms with van der Waals surface area (Å²) < 4.78 is 0. The van der Waals surface area contributed by atoms with Crippen molar-refractivity contribution in [1.29, 1.82) is 0 Å². The number of thiocarbonyl (C=S) groups is 1. The van der Waals surface area contributed by atoms with E-state index in [-0.39, 0.29) is 11.5 Å². The molecule has 2 aromatic rings. The Kier molecular flexibility index (Phi) is 5.77. The van der Waals surface area contributed by atoms with Gasteiger partial charge in [0.25, 0.3) is 5.91 Å². The molecule has 2 rings (SSSR count). The molecule has 1 amide bonds. The number of aromatic nitrogens is 2. The third kappa shape index (κ3) is 4.03. The van der Waals surface area contributed by atoms with Crippen LogP contribution >= 0.6 is 23.6 Å². The lowest BCUT2D eigenvalue weighted by Gasteiger charge is -2.14. The fourth-order valence-corrected chi connectivity index (χ4v) is 2.89. The molecule has 0 saturated heterocycles. The summed E-state index contributed by atoms with van der Waals surface area (Å²) in [5.74, 6) is -0.324. The van der Waals surface area contributed by atoms with Gasteiger partial charge >= 0.3 is 0 Å². The van der Waals surface area contributed by atoms with Gasteiger partial charge in [-0.25, -0.2) is 9.97 Å². The van der Waals surface area contributed by atoms with E-state index in [0.717, 1.165) is 6.29 Å². The summed E-state index contributed by atoms with van der Waals surface area (Å²) in [6.45, 7) is 1.85. The summed E-state index contributed by atoms with van der Waals surface area (Å²) >= 11 is 6.65. The Morgan fingerprint density at radius 2 is 2.29 bits per heavy atom. The van der Waals surface area contributed by atoms with Crippen molar-refractivity contribution in [3.63, 3.8) is 0 Å². The predicted molar refractivity (Wildman–Crippen MR) is 98.4 cm³/mol. The lowest BCUT2D eigenvalue weighted by atomic mass is 10.2. The first-order valence-electron chi connectivity index (χ1n) is 6.99. The summed E-state index contributed by atoms with van der Waals surface area (Å²) in [6.07, 6.45) is 2.68. The third-order valence-electron chi connectivity index (χ3n) is 3.08. The van der Waals surface area contributed by atoms with Gasteiger partial charge in [0.15, 0.2) is 11.5 Å². The Labute approximate surface area is 147 Å². The highest BCUT2D eigenvalue weighted by molar-refractivity contribution is 7.81. The van der Waals surface area contributed by atoms with E-state index in [4.69, 9.17) is 23.7 Å². The molecule has 6 N–H and O–H groups in total. The van der Waals surface area contributed by atoms with Gasteiger partial charge in [-0.1, -0.05) is 19.1 Å². The number of thiophene rings is 1. The molecule has 0 aliphatic rings. The number of carbonyl (C=O) groups is 2. The van der Waals surface area contributed by atoms with Crippen LogP contribution in [0.5, 0.6) is 0 Å². The molecule has 126 valence electrons. The minimum Gasteiger partial charge on any atom is -0.397 e. The van der Waals surface area contributed by atoms with Crippen LogP contribution in [0.25, 0.3) is 0 Å². The molecule has 2 aromatic heterocycles. The van der Waals surface area contributed by atoms with Crippen molar-refractivity contribution in [3.05, 3.63) is 28.2 Å². The normalized spacial score (nSPS) is 11.5. The standard InChI is InChI=1S/C14H16N6O2S2/c1-2-7(6-21)18-9-5-17-10(12(16)22)13(19-9)20-14(23)11-8(15)3-4-24-11/h3-7H,2,15H2,1H3,(H2,16,22)(H2,18,19,20,23)/t7-/m1/s1. The van der Waals surface area contributed by atoms with Gasteiger partial charge in [0.1, 0.15) is 17.1 Å². The monoisotopic (exact) mass is 364 g/mol. The quantitative estimate of drug-likeness (QED) is 0.427. The van der Waals surface area contributed by atoms with Gasteiger partial charge in [0.05, 0.1) is 22.8 Å². The summed E-state index contributed by atoms with van der Waals surface area (Å²) in [7, 11) is 0. The number of nitrogens with zero attached hydrogens (tertiary/aromatic N) is 2. The molecule has 0 aromatic carbocycles. The van der Waals surface area contributed by atoms with Crippen LogP contribution in [0.4, 0.5) is 17.3 Å². The lowest BCUT2D eigenvalue weighted by molar-refractivity contribution is -0.108. The molecule has 1 atom stereocenters. The molecule has 0 saturated carbocycles. The minimum absolute atomic E-state index is 0.0582. The molecule has 0 spiro atoms. The zero-order valence-corrected chi connectivity index (χ0v) is 14.4. The van der Waals surface area contributed by atoms with Crippen molar-refractivity contribution in [3.8, 4) is 0 Å². The fraction of sp³-hybridized carbons (Fsp3) is 0.214. The first-order chi connectivity index (χ1) is 11.5. The van der Waals surface area contributed by atoms with Crippen LogP contribution in [-0.4, -0.2) is 33.2 Å². The number of anilines is 3. The number of nitrogen functional groups attached to an aromatic ring is 1. The van der Waals surface area contributed by atoms with E-state index >= 15 is 0 Å². The van der Waals surface area contributed by atoms with Crippen LogP contribution in [0.15, 0.2) is 17.6 Å². The van der Waals surface area contributed by atoms with Crippen LogP contribution in [-0.2, 0) is 4.79 Å². The maximum absolute atomic E-state index is 11.5. The topological polar surface area (TPSA) is 136 Å². The van der Waals surface area contributed by atoms with Gasteiger partial charge in [0.2, 0.25) is 0 Å². The van der Waals surface area contributed by atoms with Crippen molar-refractivity contribution in [2.45, 2.75) is 19.4 Å². The number of primary amides is 1. The van der Waals surface area contributed by atoms with Crippen LogP contribution in [0.3, 0.4) is 0 Å². The molecule has 0 aliphatic heterocycles. The maximum atomic E-state index is 11.5. The Bertz CT molecular complexity index is 776. The Balaban J connectivity index is 2.31. The molecular weight excluding hydrogens is 348 g/mol. The first kappa shape index (κ1) is 17.8. The number of hydrogen-bond donors (Lipinski definition) is 4. The SMILES string of the molecule is CC[C@H](C=O)Nc1cnc(C(N)=O)c(NC(=S)c2sccc2N)n1. The molecular formula is C14H16N6O2S2. The van der Waals surface area contributed by atoms with Crippen LogP contribution in [0.2, 0.25) is 0 Å². The number of aldehydes is 1. The van der Waals surface area contributed by atoms with E-state index in [1.807, 2.05) is 6.92 Å². The van der Waals surface area contributed by atoms with Crippen LogP contribution in [0, 0.1) is 0 Å².